The molecule has 0 aromatic heterocycles. The van der Waals surface area contributed by atoms with Crippen molar-refractivity contribution in [1.82, 2.24) is 0 Å². The SMILES string of the molecule is CCO[Si](OCC)(OCC)C1CC2CCC1(SSSSC1(SSSSC34CCC(CC3[Si](OCC)(OCC)OCC)C4)CCCCC1CC)C2. The summed E-state index contributed by atoms with van der Waals surface area (Å²) in [6.07, 6.45) is 16.8. The first-order valence-electron chi connectivity index (χ1n) is 19.5. The van der Waals surface area contributed by atoms with Gasteiger partial charge in [0, 0.05) is 60.2 Å². The third-order valence-electron chi connectivity index (χ3n) is 11.8. The van der Waals surface area contributed by atoms with E-state index in [1.54, 1.807) is 0 Å². The van der Waals surface area contributed by atoms with Crippen molar-refractivity contribution in [3.63, 3.8) is 0 Å². The quantitative estimate of drug-likeness (QED) is 0.0378. The largest absolute Gasteiger partial charge is 0.505 e. The molecule has 0 aromatic rings. The Labute approximate surface area is 337 Å². The lowest BCUT2D eigenvalue weighted by molar-refractivity contribution is 0.0553. The monoisotopic (exact) mass is 880 g/mol. The van der Waals surface area contributed by atoms with E-state index in [1.807, 2.05) is 19.7 Å². The van der Waals surface area contributed by atoms with Crippen LogP contribution in [0, 0.1) is 17.8 Å². The van der Waals surface area contributed by atoms with E-state index in [-0.39, 0.29) is 13.6 Å². The summed E-state index contributed by atoms with van der Waals surface area (Å²) in [6, 6.07) is 0. The van der Waals surface area contributed by atoms with Gasteiger partial charge < -0.3 is 26.6 Å². The molecule has 0 radical (unpaired) electrons. The molecule has 292 valence electrons. The highest BCUT2D eigenvalue weighted by Gasteiger charge is 2.67. The van der Waals surface area contributed by atoms with Crippen LogP contribution in [-0.4, -0.2) is 70.8 Å². The van der Waals surface area contributed by atoms with Crippen LogP contribution in [0.1, 0.15) is 132 Å². The van der Waals surface area contributed by atoms with Crippen LogP contribution in [-0.2, 0) is 26.6 Å². The Kier molecular flexibility index (Phi) is 18.2. The molecule has 5 saturated carbocycles. The molecule has 6 nitrogen and oxygen atoms in total. The van der Waals surface area contributed by atoms with Crippen molar-refractivity contribution in [3.05, 3.63) is 0 Å². The van der Waals surface area contributed by atoms with E-state index in [4.69, 9.17) is 26.6 Å². The maximum absolute atomic E-state index is 6.52. The van der Waals surface area contributed by atoms with E-state index in [9.17, 15) is 0 Å². The van der Waals surface area contributed by atoms with Gasteiger partial charge in [-0.3, -0.25) is 0 Å². The number of hydrogen-bond acceptors (Lipinski definition) is 14. The van der Waals surface area contributed by atoms with E-state index in [0.717, 1.165) is 17.8 Å². The predicted molar refractivity (Wildman–Crippen MR) is 234 cm³/mol. The molecule has 0 spiro atoms. The van der Waals surface area contributed by atoms with Crippen molar-refractivity contribution in [1.29, 1.82) is 0 Å². The molecule has 0 N–H and O–H groups in total. The Morgan fingerprint density at radius 3 is 1.26 bits per heavy atom. The topological polar surface area (TPSA) is 55.4 Å². The van der Waals surface area contributed by atoms with Crippen LogP contribution >= 0.6 is 82.5 Å². The Hall–Kier alpha value is 2.99. The Morgan fingerprint density at radius 2 is 0.900 bits per heavy atom. The number of fused-ring (bicyclic) bond motifs is 4. The van der Waals surface area contributed by atoms with Crippen LogP contribution in [0.4, 0.5) is 0 Å². The Morgan fingerprint density at radius 1 is 0.500 bits per heavy atom. The minimum Gasteiger partial charge on any atom is -0.374 e. The van der Waals surface area contributed by atoms with Crippen molar-refractivity contribution in [2.45, 2.75) is 157 Å². The Bertz CT molecular complexity index is 942. The molecule has 0 amide bonds. The van der Waals surface area contributed by atoms with Crippen molar-refractivity contribution >= 4 is 100 Å². The van der Waals surface area contributed by atoms with Crippen LogP contribution < -0.4 is 0 Å². The lowest BCUT2D eigenvalue weighted by Crippen LogP contribution is -2.55. The summed E-state index contributed by atoms with van der Waals surface area (Å²) < 4.78 is 39.8. The van der Waals surface area contributed by atoms with Crippen LogP contribution in [0.5, 0.6) is 0 Å². The second kappa shape index (κ2) is 20.6. The van der Waals surface area contributed by atoms with Gasteiger partial charge in [0.15, 0.2) is 0 Å². The molecule has 5 rings (SSSR count). The first-order valence-corrected chi connectivity index (χ1v) is 32.8. The molecule has 16 heteroatoms. The summed E-state index contributed by atoms with van der Waals surface area (Å²) in [6.45, 7) is 19.0. The molecular formula is C34H64O6S8Si2. The van der Waals surface area contributed by atoms with E-state index < -0.39 is 17.6 Å². The van der Waals surface area contributed by atoms with Gasteiger partial charge in [0.2, 0.25) is 0 Å². The van der Waals surface area contributed by atoms with Gasteiger partial charge in [-0.25, -0.2) is 0 Å². The maximum atomic E-state index is 6.52. The van der Waals surface area contributed by atoms with Crippen LogP contribution in [0.25, 0.3) is 0 Å². The first-order chi connectivity index (χ1) is 24.3. The standard InChI is InChI=1S/C34H64O6S8Si2/c1-8-29-17-15-16-20-34(29,43-47-45-41-32-21-18-27(25-32)23-30(32)49(35-9-2,36-10-3)37-11-4)44-48-46-42-33-22-19-28(26-33)24-31(33)50(38-12-5,39-13-6)40-14-7/h27-31H,8-26H2,1-7H3. The maximum Gasteiger partial charge on any atom is 0.505 e. The molecule has 5 aliphatic rings. The van der Waals surface area contributed by atoms with Crippen LogP contribution in [0.3, 0.4) is 0 Å². The summed E-state index contributed by atoms with van der Waals surface area (Å²) in [5.41, 5.74) is 0.789. The molecule has 5 fully saturated rings. The highest BCUT2D eigenvalue weighted by atomic mass is 33.7. The van der Waals surface area contributed by atoms with Crippen LogP contribution in [0.2, 0.25) is 11.1 Å². The van der Waals surface area contributed by atoms with Crippen molar-refractivity contribution in [2.75, 3.05) is 39.6 Å². The van der Waals surface area contributed by atoms with Crippen molar-refractivity contribution in [3.8, 4) is 0 Å². The number of rotatable bonds is 25. The lowest BCUT2D eigenvalue weighted by atomic mass is 9.86. The van der Waals surface area contributed by atoms with Gasteiger partial charge in [-0.1, -0.05) is 69.4 Å². The van der Waals surface area contributed by atoms with Gasteiger partial charge in [0.1, 0.15) is 0 Å². The van der Waals surface area contributed by atoms with Crippen molar-refractivity contribution < 1.29 is 26.6 Å². The molecule has 50 heavy (non-hydrogen) atoms. The summed E-state index contributed by atoms with van der Waals surface area (Å²) in [7, 11) is 11.3. The third-order valence-corrected chi connectivity index (χ3v) is 36.2. The van der Waals surface area contributed by atoms with Gasteiger partial charge >= 0.3 is 17.6 Å². The fourth-order valence-electron chi connectivity index (χ4n) is 9.92. The summed E-state index contributed by atoms with van der Waals surface area (Å²) in [4.78, 5) is 0. The normalized spacial score (nSPS) is 35.5. The van der Waals surface area contributed by atoms with Crippen LogP contribution in [0.15, 0.2) is 0 Å². The van der Waals surface area contributed by atoms with Gasteiger partial charge in [0.25, 0.3) is 0 Å². The van der Waals surface area contributed by atoms with Gasteiger partial charge in [-0.15, -0.1) is 0 Å². The van der Waals surface area contributed by atoms with Crippen molar-refractivity contribution in [2.24, 2.45) is 17.8 Å². The smallest absolute Gasteiger partial charge is 0.374 e. The summed E-state index contributed by atoms with van der Waals surface area (Å²) >= 11 is 0. The van der Waals surface area contributed by atoms with E-state index in [0.29, 0.717) is 50.7 Å². The molecule has 0 saturated heterocycles. The minimum absolute atomic E-state index is 0.201. The first kappa shape index (κ1) is 44.1. The third kappa shape index (κ3) is 9.64. The zero-order valence-corrected chi connectivity index (χ0v) is 40.1. The average molecular weight is 882 g/mol. The van der Waals surface area contributed by atoms with E-state index in [2.05, 4.69) is 111 Å². The van der Waals surface area contributed by atoms with E-state index in [1.165, 1.54) is 83.5 Å². The zero-order valence-electron chi connectivity index (χ0n) is 31.5. The fourth-order valence-corrected chi connectivity index (χ4v) is 38.1. The summed E-state index contributed by atoms with van der Waals surface area (Å²) in [5, 5.41) is 0. The molecule has 0 aromatic carbocycles. The fraction of sp³-hybridized carbons (Fsp3) is 1.00. The second-order valence-electron chi connectivity index (χ2n) is 14.5. The average Bonchev–Trinajstić information content (AvgIpc) is 3.90. The molecule has 5 aliphatic carbocycles. The lowest BCUT2D eigenvalue weighted by Gasteiger charge is -2.44. The van der Waals surface area contributed by atoms with Gasteiger partial charge in [-0.2, -0.15) is 0 Å². The van der Waals surface area contributed by atoms with E-state index >= 15 is 0 Å². The second-order valence-corrected chi connectivity index (χ2v) is 33.1. The minimum atomic E-state index is -2.77. The highest BCUT2D eigenvalue weighted by molar-refractivity contribution is 9.29. The van der Waals surface area contributed by atoms with Gasteiger partial charge in [-0.05, 0) is 163 Å². The molecular weight excluding hydrogens is 817 g/mol. The molecule has 4 bridgehead atoms. The molecule has 0 aliphatic heterocycles. The molecule has 0 heterocycles. The Balaban J connectivity index is 1.22. The summed E-state index contributed by atoms with van der Waals surface area (Å²) in [5.74, 6) is 2.31. The zero-order chi connectivity index (χ0) is 35.7. The molecule has 7 atom stereocenters. The molecule has 7 unspecified atom stereocenters. The van der Waals surface area contributed by atoms with Gasteiger partial charge in [0.05, 0.1) is 4.08 Å². The highest BCUT2D eigenvalue weighted by Crippen LogP contribution is 2.73. The predicted octanol–water partition coefficient (Wildman–Crippen LogP) is 13.4. The number of hydrogen-bond donors (Lipinski definition) is 0.